The average molecular weight is 385 g/mol. The Balaban J connectivity index is 1.93. The zero-order chi connectivity index (χ0) is 17.1. The van der Waals surface area contributed by atoms with E-state index in [-0.39, 0.29) is 11.7 Å². The fraction of sp³-hybridized carbons (Fsp3) is 0.0556. The van der Waals surface area contributed by atoms with Crippen molar-refractivity contribution in [1.29, 1.82) is 0 Å². The highest BCUT2D eigenvalue weighted by Gasteiger charge is 2.19. The molecule has 1 aromatic heterocycles. The van der Waals surface area contributed by atoms with Crippen molar-refractivity contribution in [3.63, 3.8) is 0 Å². The van der Waals surface area contributed by atoms with Crippen molar-refractivity contribution >= 4 is 33.3 Å². The number of anilines is 1. The first kappa shape index (κ1) is 16.1. The molecule has 120 valence electrons. The maximum absolute atomic E-state index is 12.7. The van der Waals surface area contributed by atoms with E-state index in [2.05, 4.69) is 26.4 Å². The smallest absolute Gasteiger partial charge is 0.256 e. The Kier molecular flexibility index (Phi) is 4.57. The van der Waals surface area contributed by atoms with Gasteiger partial charge in [-0.2, -0.15) is 0 Å². The van der Waals surface area contributed by atoms with E-state index in [1.807, 2.05) is 0 Å². The summed E-state index contributed by atoms with van der Waals surface area (Å²) in [7, 11) is 0. The molecule has 0 aliphatic heterocycles. The third-order valence-electron chi connectivity index (χ3n) is 3.52. The zero-order valence-electron chi connectivity index (χ0n) is 12.7. The summed E-state index contributed by atoms with van der Waals surface area (Å²) < 4.78 is 5.69. The minimum Gasteiger partial charge on any atom is -0.362 e. The van der Waals surface area contributed by atoms with Gasteiger partial charge in [0, 0.05) is 15.6 Å². The second-order valence-corrected chi connectivity index (χ2v) is 6.07. The maximum Gasteiger partial charge on any atom is 0.256 e. The highest BCUT2D eigenvalue weighted by atomic mass is 79.9. The van der Waals surface area contributed by atoms with Gasteiger partial charge in [-0.3, -0.25) is 9.59 Å². The van der Waals surface area contributed by atoms with Crippen molar-refractivity contribution in [3.8, 4) is 0 Å². The van der Waals surface area contributed by atoms with Crippen molar-refractivity contribution in [2.75, 3.05) is 5.32 Å². The normalized spacial score (nSPS) is 10.4. The van der Waals surface area contributed by atoms with Crippen LogP contribution in [0.3, 0.4) is 0 Å². The highest BCUT2D eigenvalue weighted by Crippen LogP contribution is 2.19. The molecule has 0 aliphatic rings. The second-order valence-electron chi connectivity index (χ2n) is 5.15. The summed E-state index contributed by atoms with van der Waals surface area (Å²) in [6, 6.07) is 13.7. The average Bonchev–Trinajstić information content (AvgIpc) is 3.00. The lowest BCUT2D eigenvalue weighted by atomic mass is 9.98. The van der Waals surface area contributed by atoms with Crippen LogP contribution >= 0.6 is 15.9 Å². The number of aryl methyl sites for hydroxylation is 1. The summed E-state index contributed by atoms with van der Waals surface area (Å²) >= 11 is 3.34. The van der Waals surface area contributed by atoms with Gasteiger partial charge in [-0.25, -0.2) is 0 Å². The Morgan fingerprint density at radius 3 is 2.33 bits per heavy atom. The molecule has 6 heteroatoms. The summed E-state index contributed by atoms with van der Waals surface area (Å²) in [6.45, 7) is 1.72. The molecule has 0 saturated carbocycles. The van der Waals surface area contributed by atoms with Gasteiger partial charge >= 0.3 is 0 Å². The van der Waals surface area contributed by atoms with Crippen molar-refractivity contribution in [1.82, 2.24) is 5.16 Å². The number of amides is 1. The van der Waals surface area contributed by atoms with Gasteiger partial charge in [0.1, 0.15) is 17.6 Å². The number of carbonyl (C=O) groups is 2. The summed E-state index contributed by atoms with van der Waals surface area (Å²) in [5, 5.41) is 6.42. The lowest BCUT2D eigenvalue weighted by Crippen LogP contribution is -2.17. The Labute approximate surface area is 146 Å². The first-order valence-corrected chi connectivity index (χ1v) is 7.97. The predicted molar refractivity (Wildman–Crippen MR) is 93.2 cm³/mol. The van der Waals surface area contributed by atoms with Crippen LogP contribution in [0.5, 0.6) is 0 Å². The summed E-state index contributed by atoms with van der Waals surface area (Å²) in [5.74, 6) is -0.599. The molecule has 2 aromatic carbocycles. The first-order chi connectivity index (χ1) is 11.6. The van der Waals surface area contributed by atoms with Crippen molar-refractivity contribution in [2.45, 2.75) is 6.92 Å². The fourth-order valence-electron chi connectivity index (χ4n) is 2.24. The lowest BCUT2D eigenvalue weighted by Gasteiger charge is -2.09. The Bertz CT molecular complexity index is 901. The van der Waals surface area contributed by atoms with Gasteiger partial charge in [-0.05, 0) is 37.3 Å². The summed E-state index contributed by atoms with van der Waals surface area (Å²) in [5.41, 5.74) is 2.20. The number of aromatic nitrogens is 1. The molecule has 1 amide bonds. The quantitative estimate of drug-likeness (QED) is 0.683. The van der Waals surface area contributed by atoms with E-state index in [4.69, 9.17) is 4.52 Å². The first-order valence-electron chi connectivity index (χ1n) is 7.18. The summed E-state index contributed by atoms with van der Waals surface area (Å²) in [6.07, 6.45) is 1.35. The third kappa shape index (κ3) is 3.28. The van der Waals surface area contributed by atoms with E-state index >= 15 is 0 Å². The van der Waals surface area contributed by atoms with E-state index in [0.29, 0.717) is 28.1 Å². The molecule has 0 bridgehead atoms. The van der Waals surface area contributed by atoms with E-state index in [1.165, 1.54) is 6.26 Å². The van der Waals surface area contributed by atoms with Crippen molar-refractivity contribution < 1.29 is 14.1 Å². The molecule has 0 fully saturated rings. The van der Waals surface area contributed by atoms with Crippen LogP contribution in [0.2, 0.25) is 0 Å². The van der Waals surface area contributed by atoms with Gasteiger partial charge in [0.2, 0.25) is 0 Å². The zero-order valence-corrected chi connectivity index (χ0v) is 14.3. The number of hydrogen-bond acceptors (Lipinski definition) is 4. The molecule has 0 radical (unpaired) electrons. The van der Waals surface area contributed by atoms with Crippen LogP contribution < -0.4 is 5.32 Å². The molecular formula is C18H13BrN2O3. The molecule has 3 aromatic rings. The van der Waals surface area contributed by atoms with Crippen molar-refractivity contribution in [3.05, 3.63) is 81.7 Å². The van der Waals surface area contributed by atoms with Crippen LogP contribution in [0.15, 0.2) is 63.8 Å². The van der Waals surface area contributed by atoms with Crippen LogP contribution in [0, 0.1) is 6.92 Å². The van der Waals surface area contributed by atoms with Crippen LogP contribution in [0.1, 0.15) is 32.0 Å². The molecule has 0 unspecified atom stereocenters. The number of nitrogens with zero attached hydrogens (tertiary/aromatic N) is 1. The minimum absolute atomic E-state index is 0.213. The molecule has 5 nitrogen and oxygen atoms in total. The predicted octanol–water partition coefficient (Wildman–Crippen LogP) is 4.23. The molecule has 0 saturated heterocycles. The SMILES string of the molecule is Cc1nocc1NC(=O)c1ccccc1C(=O)c1ccc(Br)cc1. The topological polar surface area (TPSA) is 72.2 Å². The number of nitrogens with one attached hydrogen (secondary N) is 1. The molecule has 0 spiro atoms. The Morgan fingerprint density at radius 1 is 1.04 bits per heavy atom. The van der Waals surface area contributed by atoms with E-state index in [9.17, 15) is 9.59 Å². The summed E-state index contributed by atoms with van der Waals surface area (Å²) in [4.78, 5) is 25.3. The molecule has 1 heterocycles. The van der Waals surface area contributed by atoms with Crippen LogP contribution in [0.25, 0.3) is 0 Å². The monoisotopic (exact) mass is 384 g/mol. The van der Waals surface area contributed by atoms with Gasteiger partial charge in [0.15, 0.2) is 5.78 Å². The van der Waals surface area contributed by atoms with Gasteiger partial charge in [0.25, 0.3) is 5.91 Å². The Morgan fingerprint density at radius 2 is 1.71 bits per heavy atom. The number of ketones is 1. The number of benzene rings is 2. The van der Waals surface area contributed by atoms with Crippen LogP contribution in [-0.4, -0.2) is 16.8 Å². The lowest BCUT2D eigenvalue weighted by molar-refractivity contribution is 0.0996. The number of hydrogen-bond donors (Lipinski definition) is 1. The fourth-order valence-corrected chi connectivity index (χ4v) is 2.50. The molecule has 0 atom stereocenters. The number of halogens is 1. The van der Waals surface area contributed by atoms with E-state index in [0.717, 1.165) is 4.47 Å². The van der Waals surface area contributed by atoms with Gasteiger partial charge in [-0.15, -0.1) is 0 Å². The van der Waals surface area contributed by atoms with Crippen LogP contribution in [-0.2, 0) is 0 Å². The number of carbonyl (C=O) groups excluding carboxylic acids is 2. The van der Waals surface area contributed by atoms with Gasteiger partial charge < -0.3 is 9.84 Å². The van der Waals surface area contributed by atoms with Gasteiger partial charge in [-0.1, -0.05) is 39.3 Å². The molecule has 0 aliphatic carbocycles. The second kappa shape index (κ2) is 6.80. The molecule has 1 N–H and O–H groups in total. The minimum atomic E-state index is -0.387. The Hall–Kier alpha value is -2.73. The highest BCUT2D eigenvalue weighted by molar-refractivity contribution is 9.10. The molecular weight excluding hydrogens is 372 g/mol. The maximum atomic E-state index is 12.7. The number of rotatable bonds is 4. The van der Waals surface area contributed by atoms with Crippen molar-refractivity contribution in [2.24, 2.45) is 0 Å². The molecule has 3 rings (SSSR count). The third-order valence-corrected chi connectivity index (χ3v) is 4.05. The van der Waals surface area contributed by atoms with Gasteiger partial charge in [0.05, 0.1) is 5.56 Å². The van der Waals surface area contributed by atoms with Crippen LogP contribution in [0.4, 0.5) is 5.69 Å². The van der Waals surface area contributed by atoms with E-state index < -0.39 is 0 Å². The molecule has 24 heavy (non-hydrogen) atoms. The standard InChI is InChI=1S/C18H13BrN2O3/c1-11-16(10-24-21-11)20-18(23)15-5-3-2-4-14(15)17(22)12-6-8-13(19)9-7-12/h2-10H,1H3,(H,20,23). The van der Waals surface area contributed by atoms with E-state index in [1.54, 1.807) is 55.5 Å². The largest absolute Gasteiger partial charge is 0.362 e.